The van der Waals surface area contributed by atoms with Gasteiger partial charge in [0.15, 0.2) is 5.96 Å². The lowest BCUT2D eigenvalue weighted by Crippen LogP contribution is -2.42. The molecule has 2 aromatic heterocycles. The topological polar surface area (TPSA) is 40.1 Å². The predicted octanol–water partition coefficient (Wildman–Crippen LogP) is 3.94. The van der Waals surface area contributed by atoms with Crippen LogP contribution in [0.1, 0.15) is 22.7 Å². The fraction of sp³-hybridized carbons (Fsp3) is 0.550. The number of ether oxygens (including phenoxy) is 1. The minimum atomic E-state index is 0. The first-order valence-electron chi connectivity index (χ1n) is 9.65. The molecule has 3 heterocycles. The molecule has 5 nitrogen and oxygen atoms in total. The summed E-state index contributed by atoms with van der Waals surface area (Å²) >= 11 is 3.64. The first-order chi connectivity index (χ1) is 13.3. The molecule has 0 amide bonds. The molecule has 0 saturated carbocycles. The quantitative estimate of drug-likeness (QED) is 0.317. The molecule has 1 saturated heterocycles. The van der Waals surface area contributed by atoms with E-state index in [0.717, 1.165) is 58.3 Å². The van der Waals surface area contributed by atoms with Gasteiger partial charge in [-0.05, 0) is 36.2 Å². The molecular weight excluding hydrogens is 503 g/mol. The van der Waals surface area contributed by atoms with Gasteiger partial charge in [-0.3, -0.25) is 9.89 Å². The molecule has 1 fully saturated rings. The van der Waals surface area contributed by atoms with Crippen LogP contribution in [0.15, 0.2) is 40.0 Å². The number of likely N-dealkylation sites (N-methyl/N-ethyl adjacent to an activating group) is 1. The van der Waals surface area contributed by atoms with Crippen LogP contribution < -0.4 is 5.32 Å². The summed E-state index contributed by atoms with van der Waals surface area (Å²) in [7, 11) is 2.13. The number of hydrogen-bond acceptors (Lipinski definition) is 5. The van der Waals surface area contributed by atoms with Gasteiger partial charge in [0.1, 0.15) is 0 Å². The van der Waals surface area contributed by atoms with Crippen molar-refractivity contribution in [2.24, 2.45) is 4.99 Å². The van der Waals surface area contributed by atoms with Gasteiger partial charge >= 0.3 is 0 Å². The summed E-state index contributed by atoms with van der Waals surface area (Å²) in [5.74, 6) is 0.990. The highest BCUT2D eigenvalue weighted by Crippen LogP contribution is 2.26. The molecule has 0 radical (unpaired) electrons. The third-order valence-corrected chi connectivity index (χ3v) is 6.65. The maximum absolute atomic E-state index is 5.54. The molecule has 0 aromatic carbocycles. The first kappa shape index (κ1) is 23.6. The van der Waals surface area contributed by atoms with Crippen molar-refractivity contribution in [1.29, 1.82) is 0 Å². The molecule has 1 aliphatic rings. The van der Waals surface area contributed by atoms with Crippen molar-refractivity contribution in [2.45, 2.75) is 19.4 Å². The molecule has 1 unspecified atom stereocenters. The van der Waals surface area contributed by atoms with Crippen LogP contribution >= 0.6 is 46.7 Å². The van der Waals surface area contributed by atoms with Gasteiger partial charge in [0.25, 0.3) is 0 Å². The molecule has 2 aromatic rings. The smallest absolute Gasteiger partial charge is 0.193 e. The zero-order chi connectivity index (χ0) is 18.9. The number of halogens is 1. The SMILES string of the molecule is CCNC(=NCC(c1cccs1)N1CCOCC1)N(C)CCc1cccs1.I. The van der Waals surface area contributed by atoms with E-state index in [0.29, 0.717) is 6.04 Å². The van der Waals surface area contributed by atoms with E-state index >= 15 is 0 Å². The Bertz CT molecular complexity index is 672. The Morgan fingerprint density at radius 3 is 2.64 bits per heavy atom. The van der Waals surface area contributed by atoms with Crippen LogP contribution in [0.4, 0.5) is 0 Å². The Balaban J connectivity index is 0.00000280. The summed E-state index contributed by atoms with van der Waals surface area (Å²) < 4.78 is 5.54. The maximum Gasteiger partial charge on any atom is 0.193 e. The normalized spacial score (nSPS) is 16.4. The summed E-state index contributed by atoms with van der Waals surface area (Å²) in [4.78, 5) is 12.6. The van der Waals surface area contributed by atoms with Crippen molar-refractivity contribution in [1.82, 2.24) is 15.1 Å². The zero-order valence-electron chi connectivity index (χ0n) is 16.7. The third-order valence-electron chi connectivity index (χ3n) is 4.74. The van der Waals surface area contributed by atoms with Gasteiger partial charge < -0.3 is 15.0 Å². The molecule has 28 heavy (non-hydrogen) atoms. The Kier molecular flexibility index (Phi) is 10.8. The first-order valence-corrected chi connectivity index (χ1v) is 11.4. The molecule has 3 rings (SSSR count). The van der Waals surface area contributed by atoms with E-state index in [9.17, 15) is 0 Å². The second-order valence-corrected chi connectivity index (χ2v) is 8.64. The minimum absolute atomic E-state index is 0. The monoisotopic (exact) mass is 534 g/mol. The van der Waals surface area contributed by atoms with E-state index in [4.69, 9.17) is 9.73 Å². The summed E-state index contributed by atoms with van der Waals surface area (Å²) in [6.07, 6.45) is 1.05. The number of thiophene rings is 2. The summed E-state index contributed by atoms with van der Waals surface area (Å²) in [6, 6.07) is 9.01. The molecule has 8 heteroatoms. The van der Waals surface area contributed by atoms with Crippen molar-refractivity contribution in [3.05, 3.63) is 44.8 Å². The van der Waals surface area contributed by atoms with Crippen LogP contribution in [-0.2, 0) is 11.2 Å². The second-order valence-electron chi connectivity index (χ2n) is 6.63. The molecule has 0 bridgehead atoms. The molecular formula is C20H31IN4OS2. The van der Waals surface area contributed by atoms with Crippen LogP contribution in [0.3, 0.4) is 0 Å². The van der Waals surface area contributed by atoms with Crippen molar-refractivity contribution in [3.8, 4) is 0 Å². The average Bonchev–Trinajstić information content (AvgIpc) is 3.40. The van der Waals surface area contributed by atoms with E-state index in [1.165, 1.54) is 9.75 Å². The maximum atomic E-state index is 5.54. The van der Waals surface area contributed by atoms with Crippen molar-refractivity contribution in [2.75, 3.05) is 53.0 Å². The van der Waals surface area contributed by atoms with E-state index in [1.807, 2.05) is 22.7 Å². The van der Waals surface area contributed by atoms with Crippen LogP contribution in [0.25, 0.3) is 0 Å². The number of guanidine groups is 1. The molecule has 0 spiro atoms. The Labute approximate surface area is 193 Å². The Morgan fingerprint density at radius 1 is 1.25 bits per heavy atom. The number of aliphatic imine (C=N–C) groups is 1. The summed E-state index contributed by atoms with van der Waals surface area (Å²) in [5, 5.41) is 7.75. The highest BCUT2D eigenvalue weighted by atomic mass is 127. The summed E-state index contributed by atoms with van der Waals surface area (Å²) in [5.41, 5.74) is 0. The number of rotatable bonds is 8. The number of nitrogens with one attached hydrogen (secondary N) is 1. The van der Waals surface area contributed by atoms with Gasteiger partial charge in [-0.2, -0.15) is 0 Å². The van der Waals surface area contributed by atoms with Crippen molar-refractivity contribution < 1.29 is 4.74 Å². The predicted molar refractivity (Wildman–Crippen MR) is 131 cm³/mol. The number of nitrogens with zero attached hydrogens (tertiary/aromatic N) is 3. The van der Waals surface area contributed by atoms with Gasteiger partial charge in [0.05, 0.1) is 25.8 Å². The van der Waals surface area contributed by atoms with Gasteiger partial charge in [-0.25, -0.2) is 0 Å². The lowest BCUT2D eigenvalue weighted by molar-refractivity contribution is 0.0186. The van der Waals surface area contributed by atoms with Gasteiger partial charge in [-0.15, -0.1) is 46.7 Å². The van der Waals surface area contributed by atoms with Crippen LogP contribution in [-0.4, -0.2) is 68.7 Å². The average molecular weight is 535 g/mol. The van der Waals surface area contributed by atoms with Gasteiger partial charge in [0, 0.05) is 43.0 Å². The highest BCUT2D eigenvalue weighted by molar-refractivity contribution is 14.0. The fourth-order valence-electron chi connectivity index (χ4n) is 3.24. The minimum Gasteiger partial charge on any atom is -0.379 e. The van der Waals surface area contributed by atoms with Gasteiger partial charge in [0.2, 0.25) is 0 Å². The van der Waals surface area contributed by atoms with Crippen LogP contribution in [0, 0.1) is 0 Å². The van der Waals surface area contributed by atoms with Crippen LogP contribution in [0.2, 0.25) is 0 Å². The van der Waals surface area contributed by atoms with E-state index in [2.05, 4.69) is 64.1 Å². The zero-order valence-corrected chi connectivity index (χ0v) is 20.6. The van der Waals surface area contributed by atoms with Crippen molar-refractivity contribution >= 4 is 52.6 Å². The lowest BCUT2D eigenvalue weighted by Gasteiger charge is -2.33. The number of hydrogen-bond donors (Lipinski definition) is 1. The largest absolute Gasteiger partial charge is 0.379 e. The lowest BCUT2D eigenvalue weighted by atomic mass is 10.2. The van der Waals surface area contributed by atoms with Crippen LogP contribution in [0.5, 0.6) is 0 Å². The molecule has 0 aliphatic carbocycles. The third kappa shape index (κ3) is 6.98. The van der Waals surface area contributed by atoms with E-state index in [1.54, 1.807) is 0 Å². The molecule has 1 aliphatic heterocycles. The highest BCUT2D eigenvalue weighted by Gasteiger charge is 2.23. The second kappa shape index (κ2) is 12.8. The molecule has 1 atom stereocenters. The van der Waals surface area contributed by atoms with Crippen molar-refractivity contribution in [3.63, 3.8) is 0 Å². The van der Waals surface area contributed by atoms with E-state index in [-0.39, 0.29) is 24.0 Å². The standard InChI is InChI=1S/C20H30N4OS2.HI/c1-3-21-20(23(2)9-8-17-6-4-14-26-17)22-16-18(19-7-5-15-27-19)24-10-12-25-13-11-24;/h4-7,14-15,18H,3,8-13,16H2,1-2H3,(H,21,22);1H. The molecule has 1 N–H and O–H groups in total. The Hall–Kier alpha value is -0.680. The van der Waals surface area contributed by atoms with E-state index < -0.39 is 0 Å². The van der Waals surface area contributed by atoms with Gasteiger partial charge in [-0.1, -0.05) is 12.1 Å². The summed E-state index contributed by atoms with van der Waals surface area (Å²) in [6.45, 7) is 8.31. The number of morpholine rings is 1. The fourth-order valence-corrected chi connectivity index (χ4v) is 4.79. The Morgan fingerprint density at radius 2 is 2.00 bits per heavy atom. The molecule has 156 valence electrons.